The average molecular weight is 347 g/mol. The Hall–Kier alpha value is -1.58. The Kier molecular flexibility index (Phi) is 6.03. The lowest BCUT2D eigenvalue weighted by Crippen LogP contribution is -2.35. The summed E-state index contributed by atoms with van der Waals surface area (Å²) in [7, 11) is 0. The van der Waals surface area contributed by atoms with E-state index in [2.05, 4.69) is 56.5 Å². The molecule has 2 aromatic rings. The highest BCUT2D eigenvalue weighted by atomic mass is 35.5. The van der Waals surface area contributed by atoms with Crippen molar-refractivity contribution in [2.75, 3.05) is 5.32 Å². The summed E-state index contributed by atoms with van der Waals surface area (Å²) in [5.74, 6) is 0.418. The summed E-state index contributed by atoms with van der Waals surface area (Å²) in [6.45, 7) is 8.65. The van der Waals surface area contributed by atoms with Crippen molar-refractivity contribution in [3.8, 4) is 0 Å². The first-order valence-electron chi connectivity index (χ1n) is 7.77. The molecule has 0 spiro atoms. The SMILES string of the molecule is Cc1ccc([C@@H](NC(=S)Nc2ccc(Cl)cc2)C(C)C)c(C)c1. The van der Waals surface area contributed by atoms with Crippen LogP contribution in [0.2, 0.25) is 5.02 Å². The second kappa shape index (κ2) is 7.80. The number of anilines is 1. The molecule has 0 heterocycles. The summed E-state index contributed by atoms with van der Waals surface area (Å²) >= 11 is 11.4. The largest absolute Gasteiger partial charge is 0.355 e. The van der Waals surface area contributed by atoms with E-state index in [0.717, 1.165) is 5.69 Å². The number of nitrogens with one attached hydrogen (secondary N) is 2. The topological polar surface area (TPSA) is 24.1 Å². The Morgan fingerprint density at radius 1 is 1.04 bits per heavy atom. The lowest BCUT2D eigenvalue weighted by atomic mass is 9.92. The molecule has 0 fully saturated rings. The van der Waals surface area contributed by atoms with E-state index in [1.54, 1.807) is 0 Å². The third-order valence-electron chi connectivity index (χ3n) is 3.82. The molecule has 0 saturated heterocycles. The summed E-state index contributed by atoms with van der Waals surface area (Å²) in [6, 6.07) is 14.2. The molecule has 0 aliphatic carbocycles. The predicted molar refractivity (Wildman–Crippen MR) is 104 cm³/mol. The van der Waals surface area contributed by atoms with E-state index in [-0.39, 0.29) is 6.04 Å². The number of benzene rings is 2. The zero-order chi connectivity index (χ0) is 17.0. The summed E-state index contributed by atoms with van der Waals surface area (Å²) in [5, 5.41) is 7.99. The molecular formula is C19H23ClN2S. The normalized spacial score (nSPS) is 12.1. The molecule has 0 unspecified atom stereocenters. The molecule has 4 heteroatoms. The van der Waals surface area contributed by atoms with Crippen LogP contribution in [0.4, 0.5) is 5.69 Å². The number of hydrogen-bond acceptors (Lipinski definition) is 1. The zero-order valence-electron chi connectivity index (χ0n) is 14.0. The molecular weight excluding hydrogens is 324 g/mol. The van der Waals surface area contributed by atoms with Crippen molar-refractivity contribution < 1.29 is 0 Å². The molecule has 0 aromatic heterocycles. The minimum Gasteiger partial charge on any atom is -0.355 e. The Balaban J connectivity index is 2.12. The van der Waals surface area contributed by atoms with E-state index in [9.17, 15) is 0 Å². The van der Waals surface area contributed by atoms with Crippen LogP contribution in [0.3, 0.4) is 0 Å². The maximum atomic E-state index is 5.91. The molecule has 0 aliphatic rings. The standard InChI is InChI=1S/C19H23ClN2S/c1-12(2)18(17-10-5-13(3)11-14(17)4)22-19(23)21-16-8-6-15(20)7-9-16/h5-12,18H,1-4H3,(H2,21,22,23)/t18-/m0/s1. The maximum Gasteiger partial charge on any atom is 0.171 e. The van der Waals surface area contributed by atoms with Gasteiger partial charge in [-0.15, -0.1) is 0 Å². The van der Waals surface area contributed by atoms with Crippen molar-refractivity contribution in [2.24, 2.45) is 5.92 Å². The van der Waals surface area contributed by atoms with E-state index in [0.29, 0.717) is 16.1 Å². The van der Waals surface area contributed by atoms with E-state index in [1.165, 1.54) is 16.7 Å². The number of aryl methyl sites for hydroxylation is 2. The van der Waals surface area contributed by atoms with Crippen molar-refractivity contribution >= 4 is 34.6 Å². The molecule has 2 aromatic carbocycles. The van der Waals surface area contributed by atoms with Gasteiger partial charge in [0.25, 0.3) is 0 Å². The average Bonchev–Trinajstić information content (AvgIpc) is 2.48. The van der Waals surface area contributed by atoms with Gasteiger partial charge in [0.15, 0.2) is 5.11 Å². The van der Waals surface area contributed by atoms with Gasteiger partial charge in [0.1, 0.15) is 0 Å². The Morgan fingerprint density at radius 3 is 2.26 bits per heavy atom. The lowest BCUT2D eigenvalue weighted by Gasteiger charge is -2.26. The molecule has 1 atom stereocenters. The van der Waals surface area contributed by atoms with Gasteiger partial charge in [0, 0.05) is 10.7 Å². The smallest absolute Gasteiger partial charge is 0.171 e. The molecule has 0 radical (unpaired) electrons. The summed E-state index contributed by atoms with van der Waals surface area (Å²) in [6.07, 6.45) is 0. The first kappa shape index (κ1) is 17.8. The molecule has 2 N–H and O–H groups in total. The molecule has 0 aliphatic heterocycles. The third kappa shape index (κ3) is 4.95. The number of hydrogen-bond donors (Lipinski definition) is 2. The summed E-state index contributed by atoms with van der Waals surface area (Å²) in [5.41, 5.74) is 4.77. The van der Waals surface area contributed by atoms with Crippen molar-refractivity contribution in [3.63, 3.8) is 0 Å². The van der Waals surface area contributed by atoms with Gasteiger partial charge in [-0.05, 0) is 67.4 Å². The predicted octanol–water partition coefficient (Wildman–Crippen LogP) is 5.64. The van der Waals surface area contributed by atoms with Crippen LogP contribution >= 0.6 is 23.8 Å². The molecule has 0 bridgehead atoms. The van der Waals surface area contributed by atoms with Gasteiger partial charge in [0.05, 0.1) is 6.04 Å². The molecule has 0 amide bonds. The first-order chi connectivity index (χ1) is 10.9. The fraction of sp³-hybridized carbons (Fsp3) is 0.316. The van der Waals surface area contributed by atoms with Crippen LogP contribution < -0.4 is 10.6 Å². The van der Waals surface area contributed by atoms with E-state index in [1.807, 2.05) is 24.3 Å². The third-order valence-corrected chi connectivity index (χ3v) is 4.29. The van der Waals surface area contributed by atoms with Gasteiger partial charge >= 0.3 is 0 Å². The minimum absolute atomic E-state index is 0.169. The van der Waals surface area contributed by atoms with Gasteiger partial charge in [-0.25, -0.2) is 0 Å². The maximum absolute atomic E-state index is 5.91. The van der Waals surface area contributed by atoms with Crippen LogP contribution in [0.15, 0.2) is 42.5 Å². The Bertz CT molecular complexity index is 680. The van der Waals surface area contributed by atoms with Crippen molar-refractivity contribution in [3.05, 3.63) is 64.2 Å². The van der Waals surface area contributed by atoms with Crippen LogP contribution in [0.5, 0.6) is 0 Å². The van der Waals surface area contributed by atoms with Crippen LogP contribution in [0.1, 0.15) is 36.6 Å². The number of rotatable bonds is 4. The van der Waals surface area contributed by atoms with Crippen molar-refractivity contribution in [2.45, 2.75) is 33.7 Å². The monoisotopic (exact) mass is 346 g/mol. The van der Waals surface area contributed by atoms with Gasteiger partial charge < -0.3 is 10.6 Å². The van der Waals surface area contributed by atoms with Gasteiger partial charge in [-0.3, -0.25) is 0 Å². The minimum atomic E-state index is 0.169. The second-order valence-corrected chi connectivity index (χ2v) is 7.03. The molecule has 122 valence electrons. The van der Waals surface area contributed by atoms with Gasteiger partial charge in [0.2, 0.25) is 0 Å². The second-order valence-electron chi connectivity index (χ2n) is 6.19. The Labute approximate surface area is 149 Å². The fourth-order valence-corrected chi connectivity index (χ4v) is 2.99. The van der Waals surface area contributed by atoms with Crippen LogP contribution in [-0.4, -0.2) is 5.11 Å². The quantitative estimate of drug-likeness (QED) is 0.700. The van der Waals surface area contributed by atoms with Gasteiger partial charge in [-0.1, -0.05) is 49.2 Å². The van der Waals surface area contributed by atoms with Crippen molar-refractivity contribution in [1.82, 2.24) is 5.32 Å². The van der Waals surface area contributed by atoms with Crippen LogP contribution in [-0.2, 0) is 0 Å². The molecule has 2 rings (SSSR count). The van der Waals surface area contributed by atoms with Crippen molar-refractivity contribution in [1.29, 1.82) is 0 Å². The number of thiocarbonyl (C=S) groups is 1. The fourth-order valence-electron chi connectivity index (χ4n) is 2.62. The number of halogens is 1. The highest BCUT2D eigenvalue weighted by Gasteiger charge is 2.18. The highest BCUT2D eigenvalue weighted by Crippen LogP contribution is 2.25. The Morgan fingerprint density at radius 2 is 1.70 bits per heavy atom. The van der Waals surface area contributed by atoms with E-state index >= 15 is 0 Å². The van der Waals surface area contributed by atoms with E-state index < -0.39 is 0 Å². The molecule has 0 saturated carbocycles. The summed E-state index contributed by atoms with van der Waals surface area (Å²) < 4.78 is 0. The summed E-state index contributed by atoms with van der Waals surface area (Å²) in [4.78, 5) is 0. The zero-order valence-corrected chi connectivity index (χ0v) is 15.6. The molecule has 2 nitrogen and oxygen atoms in total. The first-order valence-corrected chi connectivity index (χ1v) is 8.55. The van der Waals surface area contributed by atoms with E-state index in [4.69, 9.17) is 23.8 Å². The van der Waals surface area contributed by atoms with Crippen LogP contribution in [0.25, 0.3) is 0 Å². The van der Waals surface area contributed by atoms with Crippen LogP contribution in [0, 0.1) is 19.8 Å². The lowest BCUT2D eigenvalue weighted by molar-refractivity contribution is 0.471. The van der Waals surface area contributed by atoms with Gasteiger partial charge in [-0.2, -0.15) is 0 Å². The molecule has 23 heavy (non-hydrogen) atoms. The highest BCUT2D eigenvalue weighted by molar-refractivity contribution is 7.80.